The number of piperazine rings is 1. The first kappa shape index (κ1) is 21.0. The van der Waals surface area contributed by atoms with Crippen LogP contribution in [0.5, 0.6) is 0 Å². The van der Waals surface area contributed by atoms with Crippen molar-refractivity contribution >= 4 is 5.78 Å². The topological polar surface area (TPSA) is 23.6 Å². The Morgan fingerprint density at radius 3 is 2.44 bits per heavy atom. The molecule has 32 heavy (non-hydrogen) atoms. The van der Waals surface area contributed by atoms with E-state index < -0.39 is 5.54 Å². The third-order valence-electron chi connectivity index (χ3n) is 7.20. The van der Waals surface area contributed by atoms with Crippen molar-refractivity contribution in [2.75, 3.05) is 26.2 Å². The second-order valence-electron chi connectivity index (χ2n) is 9.23. The van der Waals surface area contributed by atoms with Gasteiger partial charge in [0.1, 0.15) is 11.4 Å². The Labute approximate surface area is 189 Å². The predicted octanol–water partition coefficient (Wildman–Crippen LogP) is 4.89. The smallest absolute Gasteiger partial charge is 0.188 e. The molecule has 3 nitrogen and oxygen atoms in total. The van der Waals surface area contributed by atoms with Crippen molar-refractivity contribution in [1.82, 2.24) is 9.80 Å². The zero-order valence-corrected chi connectivity index (χ0v) is 18.8. The minimum absolute atomic E-state index is 0.102. The highest BCUT2D eigenvalue weighted by molar-refractivity contribution is 6.08. The number of nitrogens with zero attached hydrogens (tertiary/aromatic N) is 2. The summed E-state index contributed by atoms with van der Waals surface area (Å²) in [5.74, 6) is -0.189. The Morgan fingerprint density at radius 1 is 0.906 bits per heavy atom. The van der Waals surface area contributed by atoms with E-state index in [1.807, 2.05) is 18.2 Å². The molecule has 3 aromatic rings. The van der Waals surface area contributed by atoms with Gasteiger partial charge < -0.3 is 0 Å². The number of ketones is 1. The molecular weight excluding hydrogens is 399 g/mol. The number of Topliss-reactive ketones (excluding diaryl/α,β-unsaturated/α-hetero) is 1. The van der Waals surface area contributed by atoms with Gasteiger partial charge in [-0.25, -0.2) is 4.39 Å². The van der Waals surface area contributed by atoms with Crippen molar-refractivity contribution in [3.05, 3.63) is 106 Å². The Morgan fingerprint density at radius 2 is 1.69 bits per heavy atom. The third-order valence-corrected chi connectivity index (χ3v) is 7.20. The zero-order valence-electron chi connectivity index (χ0n) is 18.8. The molecule has 4 heteroatoms. The van der Waals surface area contributed by atoms with Crippen molar-refractivity contribution in [1.29, 1.82) is 0 Å². The molecule has 1 aliphatic heterocycles. The fourth-order valence-electron chi connectivity index (χ4n) is 5.40. The summed E-state index contributed by atoms with van der Waals surface area (Å²) in [6.07, 6.45) is 0.601. The molecule has 164 valence electrons. The number of carbonyl (C=O) groups is 1. The maximum absolute atomic E-state index is 14.3. The van der Waals surface area contributed by atoms with Gasteiger partial charge in [-0.05, 0) is 48.2 Å². The molecule has 5 rings (SSSR count). The van der Waals surface area contributed by atoms with Gasteiger partial charge in [-0.3, -0.25) is 14.6 Å². The first-order valence-electron chi connectivity index (χ1n) is 11.4. The van der Waals surface area contributed by atoms with Gasteiger partial charge in [-0.15, -0.1) is 0 Å². The number of fused-ring (bicyclic) bond motifs is 1. The predicted molar refractivity (Wildman–Crippen MR) is 125 cm³/mol. The molecule has 0 amide bonds. The van der Waals surface area contributed by atoms with Gasteiger partial charge in [-0.2, -0.15) is 0 Å². The van der Waals surface area contributed by atoms with E-state index >= 15 is 0 Å². The van der Waals surface area contributed by atoms with Gasteiger partial charge in [0.25, 0.3) is 0 Å². The fourth-order valence-corrected chi connectivity index (χ4v) is 5.40. The lowest BCUT2D eigenvalue weighted by molar-refractivity contribution is 0.0287. The summed E-state index contributed by atoms with van der Waals surface area (Å²) in [5, 5.41) is 0. The highest BCUT2D eigenvalue weighted by Gasteiger charge is 2.51. The molecule has 1 aliphatic carbocycles. The Hall–Kier alpha value is -2.82. The number of rotatable bonds is 4. The molecule has 1 fully saturated rings. The number of hydrogen-bond donors (Lipinski definition) is 0. The molecule has 2 aliphatic rings. The summed E-state index contributed by atoms with van der Waals surface area (Å²) in [7, 11) is 0. The summed E-state index contributed by atoms with van der Waals surface area (Å²) in [6, 6.07) is 21.2. The summed E-state index contributed by atoms with van der Waals surface area (Å²) < 4.78 is 14.3. The summed E-state index contributed by atoms with van der Waals surface area (Å²) in [5.41, 5.74) is 5.60. The van der Waals surface area contributed by atoms with Gasteiger partial charge in [0, 0.05) is 44.7 Å². The first-order valence-corrected chi connectivity index (χ1v) is 11.4. The van der Waals surface area contributed by atoms with E-state index in [1.165, 1.54) is 17.2 Å². The van der Waals surface area contributed by atoms with Crippen molar-refractivity contribution in [3.63, 3.8) is 0 Å². The number of hydrogen-bond acceptors (Lipinski definition) is 3. The van der Waals surface area contributed by atoms with Gasteiger partial charge in [0.05, 0.1) is 0 Å². The number of halogens is 1. The molecule has 1 unspecified atom stereocenters. The molecule has 3 aromatic carbocycles. The van der Waals surface area contributed by atoms with Crippen molar-refractivity contribution in [2.45, 2.75) is 32.4 Å². The van der Waals surface area contributed by atoms with Crippen LogP contribution in [0.3, 0.4) is 0 Å². The van der Waals surface area contributed by atoms with Crippen LogP contribution in [0.4, 0.5) is 4.39 Å². The number of aryl methyl sites for hydroxylation is 2. The van der Waals surface area contributed by atoms with Crippen molar-refractivity contribution < 1.29 is 9.18 Å². The zero-order chi connectivity index (χ0) is 22.3. The van der Waals surface area contributed by atoms with Crippen LogP contribution in [-0.4, -0.2) is 41.8 Å². The molecule has 0 N–H and O–H groups in total. The van der Waals surface area contributed by atoms with E-state index in [0.717, 1.165) is 55.0 Å². The summed E-state index contributed by atoms with van der Waals surface area (Å²) in [4.78, 5) is 18.6. The van der Waals surface area contributed by atoms with Crippen LogP contribution in [0, 0.1) is 19.7 Å². The molecule has 0 aromatic heterocycles. The normalized spacial score (nSPS) is 21.7. The summed E-state index contributed by atoms with van der Waals surface area (Å²) >= 11 is 0. The quantitative estimate of drug-likeness (QED) is 0.591. The van der Waals surface area contributed by atoms with E-state index in [-0.39, 0.29) is 11.6 Å². The minimum Gasteiger partial charge on any atom is -0.297 e. The van der Waals surface area contributed by atoms with E-state index in [1.54, 1.807) is 12.1 Å². The fraction of sp³-hybridized carbons (Fsp3) is 0.321. The van der Waals surface area contributed by atoms with Crippen molar-refractivity contribution in [3.8, 4) is 0 Å². The Bertz CT molecular complexity index is 1170. The lowest BCUT2D eigenvalue weighted by atomic mass is 9.83. The largest absolute Gasteiger partial charge is 0.297 e. The molecule has 0 radical (unpaired) electrons. The second-order valence-corrected chi connectivity index (χ2v) is 9.23. The van der Waals surface area contributed by atoms with Gasteiger partial charge in [-0.1, -0.05) is 60.2 Å². The van der Waals surface area contributed by atoms with Crippen LogP contribution in [0.25, 0.3) is 0 Å². The highest BCUT2D eigenvalue weighted by Crippen LogP contribution is 2.43. The van der Waals surface area contributed by atoms with E-state index in [9.17, 15) is 9.18 Å². The highest BCUT2D eigenvalue weighted by atomic mass is 19.1. The average molecular weight is 429 g/mol. The molecule has 0 bridgehead atoms. The van der Waals surface area contributed by atoms with Gasteiger partial charge >= 0.3 is 0 Å². The summed E-state index contributed by atoms with van der Waals surface area (Å²) in [6.45, 7) is 8.45. The average Bonchev–Trinajstić information content (AvgIpc) is 3.08. The van der Waals surface area contributed by atoms with Gasteiger partial charge in [0.2, 0.25) is 0 Å². The lowest BCUT2D eigenvalue weighted by Gasteiger charge is -2.45. The first-order chi connectivity index (χ1) is 15.5. The number of carbonyl (C=O) groups excluding carboxylic acids is 1. The van der Waals surface area contributed by atoms with Crippen LogP contribution in [-0.2, 0) is 18.5 Å². The SMILES string of the molecule is Cc1ccc2c(c1)CC(c1cccc(F)c1)(N1CCN(Cc3ccccc3C)CC1)C2=O. The van der Waals surface area contributed by atoms with Crippen molar-refractivity contribution in [2.24, 2.45) is 0 Å². The lowest BCUT2D eigenvalue weighted by Crippen LogP contribution is -2.58. The van der Waals surface area contributed by atoms with Gasteiger partial charge in [0.15, 0.2) is 5.78 Å². The Kier molecular flexibility index (Phi) is 5.44. The molecule has 1 heterocycles. The molecule has 0 saturated carbocycles. The standard InChI is InChI=1S/C28H29FN2O/c1-20-10-11-26-23(16-20)18-28(27(26)32,24-8-5-9-25(29)17-24)31-14-12-30(13-15-31)19-22-7-4-3-6-21(22)2/h3-11,16-17H,12-15,18-19H2,1-2H3. The molecule has 1 atom stereocenters. The van der Waals surface area contributed by atoms with E-state index in [4.69, 9.17) is 0 Å². The van der Waals surface area contributed by atoms with E-state index in [2.05, 4.69) is 54.0 Å². The van der Waals surface area contributed by atoms with Crippen LogP contribution in [0.15, 0.2) is 66.7 Å². The second kappa shape index (κ2) is 8.27. The maximum atomic E-state index is 14.3. The number of benzene rings is 3. The van der Waals surface area contributed by atoms with E-state index in [0.29, 0.717) is 6.42 Å². The van der Waals surface area contributed by atoms with Crippen LogP contribution in [0.1, 0.15) is 38.2 Å². The minimum atomic E-state index is -0.826. The van der Waals surface area contributed by atoms with Crippen LogP contribution < -0.4 is 0 Å². The molecule has 1 saturated heterocycles. The molecule has 0 spiro atoms. The monoisotopic (exact) mass is 428 g/mol. The van der Waals surface area contributed by atoms with Crippen LogP contribution in [0.2, 0.25) is 0 Å². The Balaban J connectivity index is 1.44. The third kappa shape index (κ3) is 3.58. The maximum Gasteiger partial charge on any atom is 0.188 e. The van der Waals surface area contributed by atoms with Crippen LogP contribution >= 0.6 is 0 Å². The molecular formula is C28H29FN2O.